The summed E-state index contributed by atoms with van der Waals surface area (Å²) in [6.07, 6.45) is 3.10. The highest BCUT2D eigenvalue weighted by atomic mass is 19.1. The number of hydrogen-bond acceptors (Lipinski definition) is 4. The number of halogens is 1. The van der Waals surface area contributed by atoms with Crippen LogP contribution in [-0.2, 0) is 6.42 Å². The smallest absolute Gasteiger partial charge is 0.149 e. The third-order valence-electron chi connectivity index (χ3n) is 3.94. The van der Waals surface area contributed by atoms with E-state index in [4.69, 9.17) is 0 Å². The van der Waals surface area contributed by atoms with E-state index >= 15 is 0 Å². The summed E-state index contributed by atoms with van der Waals surface area (Å²) in [7, 11) is 0. The van der Waals surface area contributed by atoms with Crippen molar-refractivity contribution >= 4 is 27.8 Å². The molecule has 120 valence electrons. The van der Waals surface area contributed by atoms with E-state index in [1.807, 2.05) is 30.3 Å². The Kier molecular flexibility index (Phi) is 3.78. The Bertz CT molecular complexity index is 962. The number of para-hydroxylation sites is 3. The molecule has 5 nitrogen and oxygen atoms in total. The molecule has 0 saturated carbocycles. The zero-order valence-electron chi connectivity index (χ0n) is 13.0. The number of aromatic nitrogens is 4. The molecule has 0 aliphatic rings. The number of aryl methyl sites for hydroxylation is 1. The van der Waals surface area contributed by atoms with E-state index in [-0.39, 0.29) is 5.82 Å². The number of benzene rings is 2. The Hall–Kier alpha value is -3.02. The van der Waals surface area contributed by atoms with Crippen LogP contribution >= 0.6 is 0 Å². The third kappa shape index (κ3) is 2.78. The van der Waals surface area contributed by atoms with Crippen LogP contribution in [0.3, 0.4) is 0 Å². The van der Waals surface area contributed by atoms with E-state index in [9.17, 15) is 4.39 Å². The Morgan fingerprint density at radius 1 is 1.04 bits per heavy atom. The number of H-pyrrole nitrogens is 1. The van der Waals surface area contributed by atoms with Gasteiger partial charge in [0.05, 0.1) is 11.0 Å². The van der Waals surface area contributed by atoms with Crippen LogP contribution in [0.2, 0.25) is 0 Å². The van der Waals surface area contributed by atoms with Crippen molar-refractivity contribution in [3.8, 4) is 0 Å². The normalized spacial score (nSPS) is 11.2. The molecule has 0 bridgehead atoms. The van der Waals surface area contributed by atoms with Crippen molar-refractivity contribution < 1.29 is 4.39 Å². The summed E-state index contributed by atoms with van der Waals surface area (Å²) in [6.45, 7) is 0.722. The third-order valence-corrected chi connectivity index (χ3v) is 3.94. The van der Waals surface area contributed by atoms with E-state index < -0.39 is 0 Å². The Labute approximate surface area is 138 Å². The number of aromatic amines is 1. The van der Waals surface area contributed by atoms with Gasteiger partial charge in [-0.15, -0.1) is 0 Å². The summed E-state index contributed by atoms with van der Waals surface area (Å²) in [5, 5.41) is 3.96. The molecule has 0 fully saturated rings. The van der Waals surface area contributed by atoms with Crippen molar-refractivity contribution in [3.63, 3.8) is 0 Å². The van der Waals surface area contributed by atoms with Gasteiger partial charge in [-0.1, -0.05) is 18.2 Å². The molecule has 2 N–H and O–H groups in total. The van der Waals surface area contributed by atoms with Crippen LogP contribution in [0.15, 0.2) is 48.8 Å². The van der Waals surface area contributed by atoms with Gasteiger partial charge in [-0.2, -0.15) is 0 Å². The first kappa shape index (κ1) is 14.6. The molecular weight excluding hydrogens is 305 g/mol. The zero-order valence-corrected chi connectivity index (χ0v) is 13.0. The average molecular weight is 321 g/mol. The quantitative estimate of drug-likeness (QED) is 0.550. The standard InChI is InChI=1S/C18H16FN5/c19-13-6-3-5-12-17(13)21-11-22-18(12)20-10-4-9-16-23-14-7-1-2-8-15(14)24-16/h1-3,5-8,11H,4,9-10H2,(H,23,24)(H,20,21,22). The van der Waals surface area contributed by atoms with Gasteiger partial charge in [0.25, 0.3) is 0 Å². The molecule has 6 heteroatoms. The van der Waals surface area contributed by atoms with Crippen molar-refractivity contribution in [3.05, 3.63) is 60.4 Å². The predicted octanol–water partition coefficient (Wildman–Crippen LogP) is 3.69. The van der Waals surface area contributed by atoms with E-state index in [2.05, 4.69) is 25.3 Å². The van der Waals surface area contributed by atoms with Gasteiger partial charge >= 0.3 is 0 Å². The molecule has 2 aromatic heterocycles. The van der Waals surface area contributed by atoms with Crippen LogP contribution in [-0.4, -0.2) is 26.5 Å². The maximum atomic E-state index is 13.7. The first-order valence-electron chi connectivity index (χ1n) is 7.88. The van der Waals surface area contributed by atoms with Crippen molar-refractivity contribution in [2.24, 2.45) is 0 Å². The largest absolute Gasteiger partial charge is 0.369 e. The van der Waals surface area contributed by atoms with Crippen LogP contribution in [0.4, 0.5) is 10.2 Å². The Morgan fingerprint density at radius 2 is 1.96 bits per heavy atom. The van der Waals surface area contributed by atoms with Crippen LogP contribution in [0.25, 0.3) is 21.9 Å². The molecule has 4 aromatic rings. The number of nitrogens with one attached hydrogen (secondary N) is 2. The highest BCUT2D eigenvalue weighted by Gasteiger charge is 2.07. The maximum Gasteiger partial charge on any atom is 0.149 e. The van der Waals surface area contributed by atoms with Crippen LogP contribution in [0.1, 0.15) is 12.2 Å². The fourth-order valence-electron chi connectivity index (χ4n) is 2.78. The minimum Gasteiger partial charge on any atom is -0.369 e. The molecule has 24 heavy (non-hydrogen) atoms. The van der Waals surface area contributed by atoms with Crippen molar-refractivity contribution in [2.45, 2.75) is 12.8 Å². The molecule has 0 aliphatic heterocycles. The molecule has 2 heterocycles. The summed E-state index contributed by atoms with van der Waals surface area (Å²) in [4.78, 5) is 16.1. The number of imidazole rings is 1. The molecule has 0 amide bonds. The highest BCUT2D eigenvalue weighted by molar-refractivity contribution is 5.89. The molecule has 4 rings (SSSR count). The van der Waals surface area contributed by atoms with Gasteiger partial charge in [0.1, 0.15) is 29.3 Å². The second-order valence-electron chi connectivity index (χ2n) is 5.59. The molecule has 2 aromatic carbocycles. The fraction of sp³-hybridized carbons (Fsp3) is 0.167. The summed E-state index contributed by atoms with van der Waals surface area (Å²) < 4.78 is 13.7. The lowest BCUT2D eigenvalue weighted by Gasteiger charge is -2.08. The lowest BCUT2D eigenvalue weighted by molar-refractivity contribution is 0.636. The van der Waals surface area contributed by atoms with Crippen molar-refractivity contribution in [1.29, 1.82) is 0 Å². The van der Waals surface area contributed by atoms with E-state index in [0.29, 0.717) is 16.7 Å². The number of rotatable bonds is 5. The lowest BCUT2D eigenvalue weighted by Crippen LogP contribution is -2.06. The molecular formula is C18H16FN5. The van der Waals surface area contributed by atoms with Crippen LogP contribution < -0.4 is 5.32 Å². The topological polar surface area (TPSA) is 66.5 Å². The number of hydrogen-bond donors (Lipinski definition) is 2. The van der Waals surface area contributed by atoms with Gasteiger partial charge in [-0.25, -0.2) is 19.3 Å². The van der Waals surface area contributed by atoms with Crippen LogP contribution in [0.5, 0.6) is 0 Å². The minimum atomic E-state index is -0.333. The zero-order chi connectivity index (χ0) is 16.4. The van der Waals surface area contributed by atoms with Gasteiger partial charge in [-0.05, 0) is 30.7 Å². The summed E-state index contributed by atoms with van der Waals surface area (Å²) in [5.41, 5.74) is 2.38. The average Bonchev–Trinajstić information content (AvgIpc) is 3.02. The second-order valence-corrected chi connectivity index (χ2v) is 5.59. The molecule has 0 unspecified atom stereocenters. The Balaban J connectivity index is 1.42. The fourth-order valence-corrected chi connectivity index (χ4v) is 2.78. The van der Waals surface area contributed by atoms with Crippen molar-refractivity contribution in [2.75, 3.05) is 11.9 Å². The SMILES string of the molecule is Fc1cccc2c(NCCCc3nc4ccccc4[nH]3)ncnc12. The summed E-state index contributed by atoms with van der Waals surface area (Å²) >= 11 is 0. The summed E-state index contributed by atoms with van der Waals surface area (Å²) in [5.74, 6) is 1.29. The van der Waals surface area contributed by atoms with E-state index in [1.54, 1.807) is 6.07 Å². The second kappa shape index (κ2) is 6.23. The summed E-state index contributed by atoms with van der Waals surface area (Å²) in [6, 6.07) is 12.9. The van der Waals surface area contributed by atoms with Gasteiger partial charge in [0.15, 0.2) is 0 Å². The Morgan fingerprint density at radius 3 is 2.88 bits per heavy atom. The number of fused-ring (bicyclic) bond motifs is 2. The molecule has 0 aliphatic carbocycles. The van der Waals surface area contributed by atoms with Crippen LogP contribution in [0, 0.1) is 5.82 Å². The van der Waals surface area contributed by atoms with E-state index in [0.717, 1.165) is 36.2 Å². The van der Waals surface area contributed by atoms with Gasteiger partial charge < -0.3 is 10.3 Å². The first-order chi connectivity index (χ1) is 11.8. The highest BCUT2D eigenvalue weighted by Crippen LogP contribution is 2.21. The minimum absolute atomic E-state index is 0.333. The maximum absolute atomic E-state index is 13.7. The number of anilines is 1. The van der Waals surface area contributed by atoms with E-state index in [1.165, 1.54) is 12.4 Å². The van der Waals surface area contributed by atoms with Gasteiger partial charge in [0.2, 0.25) is 0 Å². The molecule has 0 spiro atoms. The monoisotopic (exact) mass is 321 g/mol. The molecule has 0 saturated heterocycles. The van der Waals surface area contributed by atoms with Gasteiger partial charge in [0, 0.05) is 18.4 Å². The molecule has 0 atom stereocenters. The predicted molar refractivity (Wildman–Crippen MR) is 92.4 cm³/mol. The lowest BCUT2D eigenvalue weighted by atomic mass is 10.2. The molecule has 0 radical (unpaired) electrons. The first-order valence-corrected chi connectivity index (χ1v) is 7.88. The van der Waals surface area contributed by atoms with Crippen molar-refractivity contribution in [1.82, 2.24) is 19.9 Å². The van der Waals surface area contributed by atoms with Gasteiger partial charge in [-0.3, -0.25) is 0 Å². The number of nitrogens with zero attached hydrogens (tertiary/aromatic N) is 3.